The van der Waals surface area contributed by atoms with E-state index < -0.39 is 5.91 Å². The second-order valence-electron chi connectivity index (χ2n) is 6.49. The summed E-state index contributed by atoms with van der Waals surface area (Å²) in [6, 6.07) is 16.2. The average Bonchev–Trinajstić information content (AvgIpc) is 2.73. The lowest BCUT2D eigenvalue weighted by Crippen LogP contribution is -2.46. The molecule has 0 unspecified atom stereocenters. The zero-order chi connectivity index (χ0) is 19.1. The van der Waals surface area contributed by atoms with Crippen LogP contribution in [0.5, 0.6) is 5.75 Å². The number of anilines is 1. The van der Waals surface area contributed by atoms with Gasteiger partial charge >= 0.3 is 0 Å². The van der Waals surface area contributed by atoms with Gasteiger partial charge in [0.1, 0.15) is 5.75 Å². The van der Waals surface area contributed by atoms with E-state index in [0.717, 1.165) is 49.7 Å². The Balaban J connectivity index is 1.53. The SMILES string of the molecule is COc1ccccc1N1CCN(Cc2ccc(/C=C/C(=O)NO)cc2)CC1. The van der Waals surface area contributed by atoms with Gasteiger partial charge in [0, 0.05) is 38.8 Å². The minimum Gasteiger partial charge on any atom is -0.495 e. The third-order valence-corrected chi connectivity index (χ3v) is 4.72. The van der Waals surface area contributed by atoms with E-state index in [1.807, 2.05) is 30.3 Å². The van der Waals surface area contributed by atoms with Crippen LogP contribution in [0.3, 0.4) is 0 Å². The number of piperazine rings is 1. The first-order chi connectivity index (χ1) is 13.2. The van der Waals surface area contributed by atoms with Crippen LogP contribution in [0.25, 0.3) is 6.08 Å². The predicted molar refractivity (Wildman–Crippen MR) is 106 cm³/mol. The number of hydrogen-bond donors (Lipinski definition) is 2. The molecule has 0 bridgehead atoms. The minimum absolute atomic E-state index is 0.535. The smallest absolute Gasteiger partial charge is 0.267 e. The van der Waals surface area contributed by atoms with Crippen molar-refractivity contribution in [2.75, 3.05) is 38.2 Å². The second-order valence-corrected chi connectivity index (χ2v) is 6.49. The van der Waals surface area contributed by atoms with Crippen LogP contribution < -0.4 is 15.1 Å². The number of hydrogen-bond acceptors (Lipinski definition) is 5. The highest BCUT2D eigenvalue weighted by Gasteiger charge is 2.19. The summed E-state index contributed by atoms with van der Waals surface area (Å²) in [5.41, 5.74) is 4.89. The standard InChI is InChI=1S/C21H25N3O3/c1-27-20-5-3-2-4-19(20)24-14-12-23(13-15-24)16-18-8-6-17(7-9-18)10-11-21(25)22-26/h2-11,26H,12-16H2,1H3,(H,22,25)/b11-10+. The van der Waals surface area contributed by atoms with Gasteiger partial charge in [0.15, 0.2) is 0 Å². The summed E-state index contributed by atoms with van der Waals surface area (Å²) in [6.07, 6.45) is 2.97. The molecule has 1 fully saturated rings. The maximum Gasteiger partial charge on any atom is 0.267 e. The first-order valence-electron chi connectivity index (χ1n) is 9.01. The van der Waals surface area contributed by atoms with Crippen molar-refractivity contribution in [3.05, 3.63) is 65.7 Å². The van der Waals surface area contributed by atoms with Crippen LogP contribution in [0, 0.1) is 0 Å². The number of methoxy groups -OCH3 is 1. The molecule has 0 aliphatic carbocycles. The largest absolute Gasteiger partial charge is 0.495 e. The number of rotatable bonds is 6. The molecular weight excluding hydrogens is 342 g/mol. The highest BCUT2D eigenvalue weighted by molar-refractivity contribution is 5.90. The fraction of sp³-hybridized carbons (Fsp3) is 0.286. The Bertz CT molecular complexity index is 782. The molecule has 1 aliphatic heterocycles. The molecule has 1 heterocycles. The monoisotopic (exact) mass is 367 g/mol. The molecule has 6 nitrogen and oxygen atoms in total. The normalized spacial score (nSPS) is 15.1. The van der Waals surface area contributed by atoms with Crippen molar-refractivity contribution in [1.29, 1.82) is 0 Å². The van der Waals surface area contributed by atoms with Gasteiger partial charge in [-0.1, -0.05) is 36.4 Å². The van der Waals surface area contributed by atoms with Gasteiger partial charge in [0.05, 0.1) is 12.8 Å². The first kappa shape index (κ1) is 18.9. The van der Waals surface area contributed by atoms with Crippen LogP contribution in [-0.2, 0) is 11.3 Å². The van der Waals surface area contributed by atoms with Gasteiger partial charge in [-0.05, 0) is 29.3 Å². The molecule has 2 aromatic carbocycles. The Morgan fingerprint density at radius 1 is 1.11 bits per heavy atom. The average molecular weight is 367 g/mol. The van der Waals surface area contributed by atoms with E-state index >= 15 is 0 Å². The number of nitrogens with one attached hydrogen (secondary N) is 1. The van der Waals surface area contributed by atoms with E-state index in [4.69, 9.17) is 9.94 Å². The Hall–Kier alpha value is -2.83. The lowest BCUT2D eigenvalue weighted by Gasteiger charge is -2.36. The molecule has 2 N–H and O–H groups in total. The lowest BCUT2D eigenvalue weighted by molar-refractivity contribution is -0.124. The number of nitrogens with zero attached hydrogens (tertiary/aromatic N) is 2. The summed E-state index contributed by atoms with van der Waals surface area (Å²) >= 11 is 0. The van der Waals surface area contributed by atoms with E-state index in [0.29, 0.717) is 0 Å². The molecule has 1 aliphatic rings. The van der Waals surface area contributed by atoms with Crippen molar-refractivity contribution in [1.82, 2.24) is 10.4 Å². The van der Waals surface area contributed by atoms with Crippen molar-refractivity contribution in [2.45, 2.75) is 6.54 Å². The van der Waals surface area contributed by atoms with Crippen LogP contribution in [0.1, 0.15) is 11.1 Å². The van der Waals surface area contributed by atoms with Gasteiger partial charge < -0.3 is 9.64 Å². The molecule has 0 saturated carbocycles. The molecule has 2 aromatic rings. The van der Waals surface area contributed by atoms with E-state index in [2.05, 4.69) is 28.0 Å². The minimum atomic E-state index is -0.535. The third kappa shape index (κ3) is 5.09. The Morgan fingerprint density at radius 2 is 1.81 bits per heavy atom. The number of carbonyl (C=O) groups excluding carboxylic acids is 1. The van der Waals surface area contributed by atoms with Crippen LogP contribution in [0.2, 0.25) is 0 Å². The van der Waals surface area contributed by atoms with Crippen molar-refractivity contribution in [3.63, 3.8) is 0 Å². The molecule has 27 heavy (non-hydrogen) atoms. The fourth-order valence-electron chi connectivity index (χ4n) is 3.24. The Labute approximate surface area is 159 Å². The summed E-state index contributed by atoms with van der Waals surface area (Å²) in [6.45, 7) is 4.84. The highest BCUT2D eigenvalue weighted by atomic mass is 16.5. The van der Waals surface area contributed by atoms with E-state index in [-0.39, 0.29) is 0 Å². The van der Waals surface area contributed by atoms with Crippen molar-refractivity contribution < 1.29 is 14.7 Å². The van der Waals surface area contributed by atoms with Crippen molar-refractivity contribution in [2.24, 2.45) is 0 Å². The molecule has 142 valence electrons. The topological polar surface area (TPSA) is 65.0 Å². The zero-order valence-electron chi connectivity index (χ0n) is 15.5. The molecule has 6 heteroatoms. The number of amides is 1. The van der Waals surface area contributed by atoms with Crippen molar-refractivity contribution in [3.8, 4) is 5.75 Å². The van der Waals surface area contributed by atoms with Crippen LogP contribution >= 0.6 is 0 Å². The quantitative estimate of drug-likeness (QED) is 0.467. The van der Waals surface area contributed by atoms with Gasteiger partial charge in [0.2, 0.25) is 0 Å². The number of benzene rings is 2. The van der Waals surface area contributed by atoms with E-state index in [1.54, 1.807) is 18.7 Å². The zero-order valence-corrected chi connectivity index (χ0v) is 15.5. The van der Waals surface area contributed by atoms with Gasteiger partial charge in [-0.15, -0.1) is 0 Å². The fourth-order valence-corrected chi connectivity index (χ4v) is 3.24. The number of para-hydroxylation sites is 2. The van der Waals surface area contributed by atoms with E-state index in [9.17, 15) is 4.79 Å². The predicted octanol–water partition coefficient (Wildman–Crippen LogP) is 2.54. The molecular formula is C21H25N3O3. The molecule has 1 amide bonds. The van der Waals surface area contributed by atoms with Crippen LogP contribution in [0.4, 0.5) is 5.69 Å². The number of hydroxylamine groups is 1. The molecule has 0 spiro atoms. The summed E-state index contributed by atoms with van der Waals surface area (Å²) in [5.74, 6) is 0.386. The van der Waals surface area contributed by atoms with Gasteiger partial charge in [-0.25, -0.2) is 5.48 Å². The maximum absolute atomic E-state index is 11.0. The Kier molecular flexibility index (Phi) is 6.46. The molecule has 1 saturated heterocycles. The lowest BCUT2D eigenvalue weighted by atomic mass is 10.1. The van der Waals surface area contributed by atoms with E-state index in [1.165, 1.54) is 11.6 Å². The molecule has 0 atom stereocenters. The van der Waals surface area contributed by atoms with Crippen molar-refractivity contribution >= 4 is 17.7 Å². The van der Waals surface area contributed by atoms with Gasteiger partial charge in [-0.3, -0.25) is 14.9 Å². The maximum atomic E-state index is 11.0. The van der Waals surface area contributed by atoms with Crippen LogP contribution in [0.15, 0.2) is 54.6 Å². The second kappa shape index (κ2) is 9.21. The highest BCUT2D eigenvalue weighted by Crippen LogP contribution is 2.28. The van der Waals surface area contributed by atoms with Crippen LogP contribution in [-0.4, -0.2) is 49.3 Å². The molecule has 3 rings (SSSR count). The first-order valence-corrected chi connectivity index (χ1v) is 9.01. The molecule has 0 aromatic heterocycles. The third-order valence-electron chi connectivity index (χ3n) is 4.72. The number of carbonyl (C=O) groups is 1. The van der Waals surface area contributed by atoms with Gasteiger partial charge in [-0.2, -0.15) is 0 Å². The summed E-state index contributed by atoms with van der Waals surface area (Å²) in [4.78, 5) is 15.8. The summed E-state index contributed by atoms with van der Waals surface area (Å²) in [5, 5.41) is 8.49. The summed E-state index contributed by atoms with van der Waals surface area (Å²) in [7, 11) is 1.71. The van der Waals surface area contributed by atoms with Gasteiger partial charge in [0.25, 0.3) is 5.91 Å². The number of ether oxygens (including phenoxy) is 1. The Morgan fingerprint density at radius 3 is 2.48 bits per heavy atom. The summed E-state index contributed by atoms with van der Waals surface area (Å²) < 4.78 is 5.47. The molecule has 0 radical (unpaired) electrons.